The zero-order valence-corrected chi connectivity index (χ0v) is 14.2. The fourth-order valence-corrected chi connectivity index (χ4v) is 2.27. The van der Waals surface area contributed by atoms with Crippen molar-refractivity contribution in [2.45, 2.75) is 6.61 Å². The van der Waals surface area contributed by atoms with Crippen molar-refractivity contribution in [3.63, 3.8) is 0 Å². The molecule has 0 atom stereocenters. The first-order valence-corrected chi connectivity index (χ1v) is 7.93. The van der Waals surface area contributed by atoms with Gasteiger partial charge >= 0.3 is 18.6 Å². The number of hydrogen-bond acceptors (Lipinski definition) is 6. The first-order valence-electron chi connectivity index (χ1n) is 7.93. The Labute approximate surface area is 157 Å². The molecule has 144 valence electrons. The molecule has 0 aromatic heterocycles. The van der Waals surface area contributed by atoms with E-state index in [1.165, 1.54) is 30.3 Å². The summed E-state index contributed by atoms with van der Waals surface area (Å²) >= 11 is 0. The van der Waals surface area contributed by atoms with Gasteiger partial charge in [-0.2, -0.15) is 8.78 Å². The average molecular weight is 389 g/mol. The standard InChI is InChI=1S/C19H13F2NO6/c20-19(21)27-14-7-3-12(4-8-14)17-22-15(18(25)28-17)9-11-1-5-13(6-2-11)26-10-16(23)24/h1-9,19H,10H2,(H,23,24)/b15-9-. The van der Waals surface area contributed by atoms with Gasteiger partial charge < -0.3 is 19.3 Å². The molecule has 0 radical (unpaired) electrons. The summed E-state index contributed by atoms with van der Waals surface area (Å²) in [4.78, 5) is 26.6. The number of carboxylic acid groups (broad SMARTS) is 1. The zero-order valence-electron chi connectivity index (χ0n) is 14.2. The molecule has 1 heterocycles. The quantitative estimate of drug-likeness (QED) is 0.578. The number of alkyl halides is 2. The first kappa shape index (κ1) is 19.0. The van der Waals surface area contributed by atoms with E-state index in [0.29, 0.717) is 16.9 Å². The van der Waals surface area contributed by atoms with E-state index >= 15 is 0 Å². The van der Waals surface area contributed by atoms with E-state index < -0.39 is 25.2 Å². The van der Waals surface area contributed by atoms with Gasteiger partial charge in [0.2, 0.25) is 5.90 Å². The lowest BCUT2D eigenvalue weighted by Crippen LogP contribution is -2.09. The van der Waals surface area contributed by atoms with E-state index in [4.69, 9.17) is 14.6 Å². The molecule has 3 rings (SSSR count). The molecule has 0 saturated heterocycles. The van der Waals surface area contributed by atoms with Crippen molar-refractivity contribution in [1.29, 1.82) is 0 Å². The molecule has 1 aliphatic heterocycles. The molecule has 0 unspecified atom stereocenters. The van der Waals surface area contributed by atoms with Crippen LogP contribution < -0.4 is 9.47 Å². The van der Waals surface area contributed by atoms with E-state index in [2.05, 4.69) is 9.73 Å². The molecular formula is C19H13F2NO6. The summed E-state index contributed by atoms with van der Waals surface area (Å²) in [5.41, 5.74) is 1.11. The maximum Gasteiger partial charge on any atom is 0.387 e. The van der Waals surface area contributed by atoms with Crippen LogP contribution in [0.4, 0.5) is 8.78 Å². The monoisotopic (exact) mass is 389 g/mol. The van der Waals surface area contributed by atoms with Crippen molar-refractivity contribution in [3.8, 4) is 11.5 Å². The van der Waals surface area contributed by atoms with Crippen LogP contribution in [0.25, 0.3) is 6.08 Å². The molecule has 9 heteroatoms. The van der Waals surface area contributed by atoms with E-state index in [1.54, 1.807) is 24.3 Å². The Morgan fingerprint density at radius 1 is 1.11 bits per heavy atom. The number of hydrogen-bond donors (Lipinski definition) is 1. The second-order valence-electron chi connectivity index (χ2n) is 5.49. The fourth-order valence-electron chi connectivity index (χ4n) is 2.27. The van der Waals surface area contributed by atoms with Gasteiger partial charge in [-0.3, -0.25) is 0 Å². The highest BCUT2D eigenvalue weighted by molar-refractivity contribution is 6.12. The number of cyclic esters (lactones) is 1. The number of rotatable bonds is 7. The largest absolute Gasteiger partial charge is 0.482 e. The third-order valence-corrected chi connectivity index (χ3v) is 3.49. The highest BCUT2D eigenvalue weighted by atomic mass is 19.3. The SMILES string of the molecule is O=C(O)COc1ccc(/C=C2\N=C(c3ccc(OC(F)F)cc3)OC2=O)cc1. The van der Waals surface area contributed by atoms with Gasteiger partial charge in [0.1, 0.15) is 11.5 Å². The van der Waals surface area contributed by atoms with E-state index in [0.717, 1.165) is 0 Å². The molecule has 1 N–H and O–H groups in total. The molecule has 0 amide bonds. The molecule has 1 aliphatic rings. The molecule has 7 nitrogen and oxygen atoms in total. The van der Waals surface area contributed by atoms with E-state index in [1.807, 2.05) is 0 Å². The molecular weight excluding hydrogens is 376 g/mol. The predicted octanol–water partition coefficient (Wildman–Crippen LogP) is 3.10. The van der Waals surface area contributed by atoms with Gasteiger partial charge in [0, 0.05) is 5.56 Å². The van der Waals surface area contributed by atoms with Crippen molar-refractivity contribution in [3.05, 3.63) is 65.4 Å². The van der Waals surface area contributed by atoms with Crippen LogP contribution in [0.1, 0.15) is 11.1 Å². The molecule has 28 heavy (non-hydrogen) atoms. The van der Waals surface area contributed by atoms with Crippen LogP contribution in [0.15, 0.2) is 59.2 Å². The van der Waals surface area contributed by atoms with Crippen molar-refractivity contribution in [1.82, 2.24) is 0 Å². The Balaban J connectivity index is 1.73. The van der Waals surface area contributed by atoms with Gasteiger partial charge in [0.05, 0.1) is 0 Å². The third kappa shape index (κ3) is 4.91. The molecule has 0 spiro atoms. The second-order valence-corrected chi connectivity index (χ2v) is 5.49. The topological polar surface area (TPSA) is 94.4 Å². The number of carbonyl (C=O) groups excluding carboxylic acids is 1. The van der Waals surface area contributed by atoms with Crippen LogP contribution in [0.2, 0.25) is 0 Å². The van der Waals surface area contributed by atoms with Crippen molar-refractivity contribution < 1.29 is 37.7 Å². The average Bonchev–Trinajstić information content (AvgIpc) is 3.02. The molecule has 0 aliphatic carbocycles. The number of ether oxygens (including phenoxy) is 3. The van der Waals surface area contributed by atoms with E-state index in [-0.39, 0.29) is 17.3 Å². The summed E-state index contributed by atoms with van der Waals surface area (Å²) < 4.78 is 38.7. The Hall–Kier alpha value is -3.75. The third-order valence-electron chi connectivity index (χ3n) is 3.49. The molecule has 0 saturated carbocycles. The number of halogens is 2. The minimum atomic E-state index is -2.93. The maximum atomic E-state index is 12.2. The van der Waals surface area contributed by atoms with Crippen LogP contribution in [0.5, 0.6) is 11.5 Å². The van der Waals surface area contributed by atoms with Gasteiger partial charge in [0.15, 0.2) is 12.3 Å². The van der Waals surface area contributed by atoms with Gasteiger partial charge in [-0.05, 0) is 48.0 Å². The normalized spacial score (nSPS) is 14.8. The summed E-state index contributed by atoms with van der Waals surface area (Å²) in [6, 6.07) is 11.9. The summed E-state index contributed by atoms with van der Waals surface area (Å²) in [6.07, 6.45) is 1.49. The zero-order chi connectivity index (χ0) is 20.1. The minimum Gasteiger partial charge on any atom is -0.482 e. The first-order chi connectivity index (χ1) is 13.4. The van der Waals surface area contributed by atoms with Crippen LogP contribution in [-0.4, -0.2) is 36.2 Å². The fraction of sp³-hybridized carbons (Fsp3) is 0.105. The van der Waals surface area contributed by atoms with Crippen molar-refractivity contribution >= 4 is 23.9 Å². The van der Waals surface area contributed by atoms with Crippen LogP contribution in [-0.2, 0) is 14.3 Å². The Morgan fingerprint density at radius 2 is 1.75 bits per heavy atom. The lowest BCUT2D eigenvalue weighted by Gasteiger charge is -2.04. The molecule has 2 aromatic carbocycles. The summed E-state index contributed by atoms with van der Waals surface area (Å²) in [6.45, 7) is -3.38. The summed E-state index contributed by atoms with van der Waals surface area (Å²) in [7, 11) is 0. The number of benzene rings is 2. The number of carboxylic acids is 1. The number of aliphatic imine (C=N–C) groups is 1. The Morgan fingerprint density at radius 3 is 2.36 bits per heavy atom. The summed E-state index contributed by atoms with van der Waals surface area (Å²) in [5, 5.41) is 8.58. The molecule has 2 aromatic rings. The predicted molar refractivity (Wildman–Crippen MR) is 93.3 cm³/mol. The highest BCUT2D eigenvalue weighted by Crippen LogP contribution is 2.22. The maximum absolute atomic E-state index is 12.2. The number of nitrogens with zero attached hydrogens (tertiary/aromatic N) is 1. The second kappa shape index (κ2) is 8.30. The Kier molecular flexibility index (Phi) is 5.64. The summed E-state index contributed by atoms with van der Waals surface area (Å²) in [5.74, 6) is -1.36. The smallest absolute Gasteiger partial charge is 0.387 e. The van der Waals surface area contributed by atoms with Crippen molar-refractivity contribution in [2.24, 2.45) is 4.99 Å². The number of carbonyl (C=O) groups is 2. The number of aliphatic carboxylic acids is 1. The van der Waals surface area contributed by atoms with Crippen molar-refractivity contribution in [2.75, 3.05) is 6.61 Å². The lowest BCUT2D eigenvalue weighted by atomic mass is 10.2. The lowest BCUT2D eigenvalue weighted by molar-refractivity contribution is -0.139. The molecule has 0 bridgehead atoms. The van der Waals surface area contributed by atoms with Gasteiger partial charge in [-0.25, -0.2) is 14.6 Å². The van der Waals surface area contributed by atoms with E-state index in [9.17, 15) is 18.4 Å². The Bertz CT molecular complexity index is 936. The minimum absolute atomic E-state index is 0.0235. The van der Waals surface area contributed by atoms with Gasteiger partial charge in [0.25, 0.3) is 0 Å². The van der Waals surface area contributed by atoms with Crippen LogP contribution >= 0.6 is 0 Å². The van der Waals surface area contributed by atoms with Crippen LogP contribution in [0, 0.1) is 0 Å². The number of esters is 1. The highest BCUT2D eigenvalue weighted by Gasteiger charge is 2.24. The van der Waals surface area contributed by atoms with Crippen LogP contribution in [0.3, 0.4) is 0 Å². The molecule has 0 fully saturated rings. The van der Waals surface area contributed by atoms with Gasteiger partial charge in [-0.15, -0.1) is 0 Å². The van der Waals surface area contributed by atoms with Gasteiger partial charge in [-0.1, -0.05) is 12.1 Å².